The van der Waals surface area contributed by atoms with Crippen LogP contribution in [0.4, 0.5) is 0 Å². The second-order valence-electron chi connectivity index (χ2n) is 12.8. The van der Waals surface area contributed by atoms with Gasteiger partial charge in [-0.25, -0.2) is 4.79 Å². The van der Waals surface area contributed by atoms with Crippen molar-refractivity contribution in [2.75, 3.05) is 14.2 Å². The first-order valence-electron chi connectivity index (χ1n) is 15.6. The van der Waals surface area contributed by atoms with Crippen molar-refractivity contribution in [1.29, 1.82) is 0 Å². The fourth-order valence-electron chi connectivity index (χ4n) is 6.31. The summed E-state index contributed by atoms with van der Waals surface area (Å²) in [5.74, 6) is -4.46. The lowest BCUT2D eigenvalue weighted by atomic mass is 9.77. The minimum atomic E-state index is -1.78. The molecule has 9 heteroatoms. The van der Waals surface area contributed by atoms with Crippen LogP contribution in [0.25, 0.3) is 0 Å². The number of methoxy groups -OCH3 is 2. The number of aliphatic hydroxyl groups is 4. The van der Waals surface area contributed by atoms with E-state index in [2.05, 4.69) is 0 Å². The Morgan fingerprint density at radius 2 is 1.79 bits per heavy atom. The highest BCUT2D eigenvalue weighted by Crippen LogP contribution is 2.40. The molecule has 0 amide bonds. The molecule has 0 aliphatic carbocycles. The summed E-state index contributed by atoms with van der Waals surface area (Å²) in [7, 11) is 2.87. The Bertz CT molecular complexity index is 1030. The van der Waals surface area contributed by atoms with Crippen LogP contribution < -0.4 is 0 Å². The smallest absolute Gasteiger partial charge is 0.373 e. The summed E-state index contributed by atoms with van der Waals surface area (Å²) in [5, 5.41) is 44.7. The number of carbonyl (C=O) groups is 1. The number of carbonyl (C=O) groups excluding carboxylic acids is 1. The Hall–Kier alpha value is -2.01. The van der Waals surface area contributed by atoms with E-state index in [1.54, 1.807) is 26.0 Å². The van der Waals surface area contributed by atoms with Crippen molar-refractivity contribution in [2.45, 2.75) is 117 Å². The van der Waals surface area contributed by atoms with Gasteiger partial charge in [-0.05, 0) is 38.7 Å². The SMILES string of the molecule is CC[C@@H]1O[C@](O)([C@H](C)[C@@H](O)[C@@H](C)[C@@H]2OC(=O)/C(OC)=C\C(C)=C\[C@H](C)[C@H](O)[C@@H](C)C/C(C)=C/C=C/[C@@H]2OC)C[C@H](O)[C@H]1C. The molecule has 2 aliphatic rings. The maximum atomic E-state index is 13.5. The average Bonchev–Trinajstić information content (AvgIpc) is 2.96. The summed E-state index contributed by atoms with van der Waals surface area (Å²) in [6, 6.07) is 0. The van der Waals surface area contributed by atoms with Gasteiger partial charge in [0.15, 0.2) is 5.79 Å². The minimum Gasteiger partial charge on any atom is -0.490 e. The van der Waals surface area contributed by atoms with Crippen molar-refractivity contribution in [3.05, 3.63) is 47.3 Å². The summed E-state index contributed by atoms with van der Waals surface area (Å²) in [4.78, 5) is 13.5. The first-order valence-corrected chi connectivity index (χ1v) is 15.6. The number of ether oxygens (including phenoxy) is 4. The molecule has 2 heterocycles. The number of hydrogen-bond acceptors (Lipinski definition) is 9. The molecule has 4 N–H and O–H groups in total. The first-order chi connectivity index (χ1) is 20.1. The summed E-state index contributed by atoms with van der Waals surface area (Å²) in [6.45, 7) is 15.0. The van der Waals surface area contributed by atoms with Gasteiger partial charge in [-0.1, -0.05) is 77.0 Å². The van der Waals surface area contributed by atoms with E-state index in [4.69, 9.17) is 18.9 Å². The van der Waals surface area contributed by atoms with Crippen molar-refractivity contribution >= 4 is 5.97 Å². The highest BCUT2D eigenvalue weighted by Gasteiger charge is 2.50. The lowest BCUT2D eigenvalue weighted by Crippen LogP contribution is -2.58. The van der Waals surface area contributed by atoms with Crippen molar-refractivity contribution in [3.8, 4) is 0 Å². The molecule has 2 rings (SSSR count). The van der Waals surface area contributed by atoms with Gasteiger partial charge in [-0.3, -0.25) is 0 Å². The molecule has 43 heavy (non-hydrogen) atoms. The molecular formula is C34H56O9. The van der Waals surface area contributed by atoms with Crippen LogP contribution in [0.1, 0.15) is 74.7 Å². The van der Waals surface area contributed by atoms with Crippen molar-refractivity contribution in [2.24, 2.45) is 29.6 Å². The molecule has 1 fully saturated rings. The molecule has 0 bridgehead atoms. The topological polar surface area (TPSA) is 135 Å². The van der Waals surface area contributed by atoms with Gasteiger partial charge in [0.1, 0.15) is 12.2 Å². The highest BCUT2D eigenvalue weighted by molar-refractivity contribution is 5.87. The Morgan fingerprint density at radius 3 is 2.37 bits per heavy atom. The van der Waals surface area contributed by atoms with Crippen LogP contribution in [0.3, 0.4) is 0 Å². The van der Waals surface area contributed by atoms with Gasteiger partial charge in [-0.15, -0.1) is 0 Å². The molecule has 0 radical (unpaired) electrons. The Morgan fingerprint density at radius 1 is 1.14 bits per heavy atom. The zero-order chi connectivity index (χ0) is 32.6. The third-order valence-electron chi connectivity index (χ3n) is 9.33. The van der Waals surface area contributed by atoms with Crippen molar-refractivity contribution in [1.82, 2.24) is 0 Å². The van der Waals surface area contributed by atoms with E-state index in [-0.39, 0.29) is 36.0 Å². The van der Waals surface area contributed by atoms with Crippen LogP contribution in [0.2, 0.25) is 0 Å². The van der Waals surface area contributed by atoms with E-state index >= 15 is 0 Å². The van der Waals surface area contributed by atoms with E-state index in [9.17, 15) is 25.2 Å². The fraction of sp³-hybridized carbons (Fsp3) is 0.735. The van der Waals surface area contributed by atoms with Crippen LogP contribution in [-0.2, 0) is 23.7 Å². The van der Waals surface area contributed by atoms with Crippen LogP contribution in [0.5, 0.6) is 0 Å². The zero-order valence-electron chi connectivity index (χ0n) is 27.7. The summed E-state index contributed by atoms with van der Waals surface area (Å²) in [5.41, 5.74) is 1.78. The second kappa shape index (κ2) is 16.3. The summed E-state index contributed by atoms with van der Waals surface area (Å²) < 4.78 is 23.2. The quantitative estimate of drug-likeness (QED) is 0.309. The lowest BCUT2D eigenvalue weighted by Gasteiger charge is -2.48. The summed E-state index contributed by atoms with van der Waals surface area (Å²) in [6.07, 6.45) is 5.52. The molecule has 0 aromatic carbocycles. The second-order valence-corrected chi connectivity index (χ2v) is 12.8. The van der Waals surface area contributed by atoms with Gasteiger partial charge < -0.3 is 39.4 Å². The van der Waals surface area contributed by atoms with E-state index in [1.807, 2.05) is 59.8 Å². The largest absolute Gasteiger partial charge is 0.490 e. The van der Waals surface area contributed by atoms with E-state index in [0.717, 1.165) is 11.1 Å². The molecule has 0 saturated carbocycles. The molecule has 0 aromatic rings. The van der Waals surface area contributed by atoms with Crippen molar-refractivity contribution in [3.63, 3.8) is 0 Å². The van der Waals surface area contributed by atoms with Crippen LogP contribution in [0, 0.1) is 29.6 Å². The number of rotatable bonds is 7. The van der Waals surface area contributed by atoms with Crippen LogP contribution in [0.15, 0.2) is 47.3 Å². The zero-order valence-corrected chi connectivity index (χ0v) is 27.7. The third kappa shape index (κ3) is 9.49. The summed E-state index contributed by atoms with van der Waals surface area (Å²) >= 11 is 0. The number of cyclic esters (lactones) is 1. The molecule has 1 saturated heterocycles. The minimum absolute atomic E-state index is 0.00306. The molecule has 0 unspecified atom stereocenters. The van der Waals surface area contributed by atoms with E-state index in [0.29, 0.717) is 12.8 Å². The molecule has 246 valence electrons. The van der Waals surface area contributed by atoms with Gasteiger partial charge in [0, 0.05) is 37.2 Å². The van der Waals surface area contributed by atoms with Gasteiger partial charge in [0.05, 0.1) is 31.5 Å². The number of esters is 1. The van der Waals surface area contributed by atoms with Gasteiger partial charge in [-0.2, -0.15) is 0 Å². The Balaban J connectivity index is 2.51. The molecular weight excluding hydrogens is 552 g/mol. The third-order valence-corrected chi connectivity index (χ3v) is 9.33. The predicted molar refractivity (Wildman–Crippen MR) is 166 cm³/mol. The molecule has 0 spiro atoms. The predicted octanol–water partition coefficient (Wildman–Crippen LogP) is 4.45. The average molecular weight is 609 g/mol. The molecule has 12 atom stereocenters. The number of hydrogen-bond donors (Lipinski definition) is 4. The Labute approximate surface area is 258 Å². The maximum Gasteiger partial charge on any atom is 0.373 e. The van der Waals surface area contributed by atoms with E-state index in [1.165, 1.54) is 14.2 Å². The number of aliphatic hydroxyl groups excluding tert-OH is 3. The van der Waals surface area contributed by atoms with Gasteiger partial charge in [0.25, 0.3) is 0 Å². The van der Waals surface area contributed by atoms with Crippen LogP contribution in [-0.4, -0.2) is 83.0 Å². The molecule has 0 aromatic heterocycles. The van der Waals surface area contributed by atoms with Crippen molar-refractivity contribution < 1.29 is 44.2 Å². The monoisotopic (exact) mass is 608 g/mol. The van der Waals surface area contributed by atoms with Gasteiger partial charge >= 0.3 is 5.97 Å². The highest BCUT2D eigenvalue weighted by atomic mass is 16.6. The number of allylic oxidation sites excluding steroid dienone is 5. The lowest BCUT2D eigenvalue weighted by molar-refractivity contribution is -0.322. The maximum absolute atomic E-state index is 13.5. The van der Waals surface area contributed by atoms with Crippen LogP contribution >= 0.6 is 0 Å². The standard InChI is InChI=1S/C34H56O9/c1-11-27-23(6)26(35)18-34(39,43-27)25(8)31(37)24(7)32-28(40-9)14-12-13-19(2)15-21(4)30(36)22(5)16-20(3)17-29(41-10)33(38)42-32/h12-14,16-17,21-28,30-32,35-37,39H,11,15,18H2,1-10H3/b14-12+,19-13+,20-16+,29-17+/t21-,22-,23+,24+,25+,26-,27-,28-,30+,31-,32-,34-/m0/s1. The van der Waals surface area contributed by atoms with E-state index < -0.39 is 54.1 Å². The van der Waals surface area contributed by atoms with Gasteiger partial charge in [0.2, 0.25) is 5.76 Å². The first kappa shape index (κ1) is 37.2. The molecule has 9 nitrogen and oxygen atoms in total. The normalized spacial score (nSPS) is 41.7. The molecule has 2 aliphatic heterocycles. The Kier molecular flexibility index (Phi) is 14.1. The fourth-order valence-corrected chi connectivity index (χ4v) is 6.31.